The summed E-state index contributed by atoms with van der Waals surface area (Å²) in [6.45, 7) is 3.28. The third-order valence-corrected chi connectivity index (χ3v) is 2.94. The van der Waals surface area contributed by atoms with Gasteiger partial charge in [0.15, 0.2) is 5.78 Å². The number of carbonyl (C=O) groups is 2. The van der Waals surface area contributed by atoms with Crippen LogP contribution in [0.1, 0.15) is 49.9 Å². The molecule has 0 saturated heterocycles. The van der Waals surface area contributed by atoms with Gasteiger partial charge in [-0.05, 0) is 45.2 Å². The molecule has 0 heterocycles. The molecule has 0 aromatic heterocycles. The number of phenolic OH excluding ortho intramolecular Hbond substituents is 1. The van der Waals surface area contributed by atoms with E-state index in [9.17, 15) is 14.7 Å². The zero-order valence-corrected chi connectivity index (χ0v) is 11.8. The van der Waals surface area contributed by atoms with Crippen LogP contribution in [-0.4, -0.2) is 28.1 Å². The molecule has 20 heavy (non-hydrogen) atoms. The van der Waals surface area contributed by atoms with E-state index < -0.39 is 5.97 Å². The largest absolute Gasteiger partial charge is 0.507 e. The van der Waals surface area contributed by atoms with Gasteiger partial charge in [0.05, 0.1) is 11.7 Å². The number of benzene rings is 1. The highest BCUT2D eigenvalue weighted by atomic mass is 16.5. The van der Waals surface area contributed by atoms with Crippen molar-refractivity contribution in [2.24, 2.45) is 0 Å². The van der Waals surface area contributed by atoms with E-state index in [2.05, 4.69) is 0 Å². The lowest BCUT2D eigenvalue weighted by Crippen LogP contribution is -2.12. The Hall–Kier alpha value is -2.04. The maximum atomic E-state index is 11.2. The quantitative estimate of drug-likeness (QED) is 0.565. The third kappa shape index (κ3) is 5.30. The van der Waals surface area contributed by atoms with Gasteiger partial charge in [-0.15, -0.1) is 0 Å². The van der Waals surface area contributed by atoms with Gasteiger partial charge in [0.25, 0.3) is 0 Å². The molecule has 0 saturated carbocycles. The molecular formula is C15H20O5. The van der Waals surface area contributed by atoms with E-state index in [0.29, 0.717) is 12.2 Å². The summed E-state index contributed by atoms with van der Waals surface area (Å²) in [5.41, 5.74) is 0.270. The first-order valence-electron chi connectivity index (χ1n) is 6.62. The minimum atomic E-state index is -0.789. The monoisotopic (exact) mass is 280 g/mol. The predicted octanol–water partition coefficient (Wildman–Crippen LogP) is 3.01. The fourth-order valence-electron chi connectivity index (χ4n) is 1.88. The van der Waals surface area contributed by atoms with Gasteiger partial charge < -0.3 is 14.9 Å². The number of aliphatic carboxylic acids is 1. The van der Waals surface area contributed by atoms with Crippen LogP contribution in [0.15, 0.2) is 18.2 Å². The van der Waals surface area contributed by atoms with Crippen LogP contribution in [0.5, 0.6) is 11.5 Å². The van der Waals surface area contributed by atoms with E-state index in [1.54, 1.807) is 6.07 Å². The van der Waals surface area contributed by atoms with Crippen molar-refractivity contribution in [1.82, 2.24) is 0 Å². The standard InChI is InChI=1S/C15H20O5/c1-10(5-3-4-6-15(18)19)20-12-7-8-13(11(2)16)14(17)9-12/h7-10,17H,3-6H2,1-2H3,(H,18,19). The smallest absolute Gasteiger partial charge is 0.303 e. The van der Waals surface area contributed by atoms with Gasteiger partial charge in [0.2, 0.25) is 0 Å². The molecule has 0 aliphatic heterocycles. The third-order valence-electron chi connectivity index (χ3n) is 2.94. The summed E-state index contributed by atoms with van der Waals surface area (Å²) in [6, 6.07) is 4.60. The summed E-state index contributed by atoms with van der Waals surface area (Å²) in [4.78, 5) is 21.6. The maximum Gasteiger partial charge on any atom is 0.303 e. The minimum absolute atomic E-state index is 0.0774. The summed E-state index contributed by atoms with van der Waals surface area (Å²) < 4.78 is 5.62. The van der Waals surface area contributed by atoms with Crippen molar-refractivity contribution in [3.05, 3.63) is 23.8 Å². The second-order valence-corrected chi connectivity index (χ2v) is 4.80. The van der Waals surface area contributed by atoms with Crippen LogP contribution >= 0.6 is 0 Å². The highest BCUT2D eigenvalue weighted by Gasteiger charge is 2.10. The number of carboxylic acids is 1. The molecule has 1 atom stereocenters. The lowest BCUT2D eigenvalue weighted by molar-refractivity contribution is -0.137. The first kappa shape index (κ1) is 16.0. The van der Waals surface area contributed by atoms with Crippen LogP contribution in [0, 0.1) is 0 Å². The van der Waals surface area contributed by atoms with E-state index in [4.69, 9.17) is 9.84 Å². The maximum absolute atomic E-state index is 11.2. The average molecular weight is 280 g/mol. The van der Waals surface area contributed by atoms with E-state index in [-0.39, 0.29) is 29.6 Å². The van der Waals surface area contributed by atoms with Crippen molar-refractivity contribution in [3.8, 4) is 11.5 Å². The Bertz CT molecular complexity index is 481. The van der Waals surface area contributed by atoms with Gasteiger partial charge in [-0.1, -0.05) is 0 Å². The van der Waals surface area contributed by atoms with E-state index in [0.717, 1.165) is 12.8 Å². The SMILES string of the molecule is CC(=O)c1ccc(OC(C)CCCCC(=O)O)cc1O. The molecule has 5 nitrogen and oxygen atoms in total. The van der Waals surface area contributed by atoms with Crippen molar-refractivity contribution in [3.63, 3.8) is 0 Å². The normalized spacial score (nSPS) is 11.9. The summed E-state index contributed by atoms with van der Waals surface area (Å²) in [5.74, 6) is -0.578. The Morgan fingerprint density at radius 2 is 2.00 bits per heavy atom. The average Bonchev–Trinajstić information content (AvgIpc) is 2.34. The Morgan fingerprint density at radius 1 is 1.30 bits per heavy atom. The Kier molecular flexibility index (Phi) is 6.03. The molecule has 0 amide bonds. The molecule has 2 N–H and O–H groups in total. The first-order chi connectivity index (χ1) is 9.40. The van der Waals surface area contributed by atoms with Crippen molar-refractivity contribution in [2.45, 2.75) is 45.6 Å². The molecule has 0 fully saturated rings. The molecule has 0 bridgehead atoms. The summed E-state index contributed by atoms with van der Waals surface area (Å²) in [5, 5.41) is 18.2. The van der Waals surface area contributed by atoms with Crippen molar-refractivity contribution >= 4 is 11.8 Å². The number of ether oxygens (including phenoxy) is 1. The van der Waals surface area contributed by atoms with E-state index in [1.165, 1.54) is 19.1 Å². The van der Waals surface area contributed by atoms with Crippen LogP contribution in [0.25, 0.3) is 0 Å². The van der Waals surface area contributed by atoms with Crippen LogP contribution in [-0.2, 0) is 4.79 Å². The molecular weight excluding hydrogens is 260 g/mol. The molecule has 0 aliphatic rings. The number of aromatic hydroxyl groups is 1. The van der Waals surface area contributed by atoms with Crippen LogP contribution in [0.4, 0.5) is 0 Å². The molecule has 0 spiro atoms. The Morgan fingerprint density at radius 3 is 2.55 bits per heavy atom. The fourth-order valence-corrected chi connectivity index (χ4v) is 1.88. The number of ketones is 1. The molecule has 1 aromatic carbocycles. The highest BCUT2D eigenvalue weighted by molar-refractivity contribution is 5.96. The van der Waals surface area contributed by atoms with Gasteiger partial charge >= 0.3 is 5.97 Å². The minimum Gasteiger partial charge on any atom is -0.507 e. The molecule has 1 aromatic rings. The molecule has 0 radical (unpaired) electrons. The molecule has 1 unspecified atom stereocenters. The molecule has 0 aliphatic carbocycles. The zero-order chi connectivity index (χ0) is 15.1. The lowest BCUT2D eigenvalue weighted by atomic mass is 10.1. The number of phenols is 1. The number of hydrogen-bond donors (Lipinski definition) is 2. The summed E-state index contributed by atoms with van der Waals surface area (Å²) in [7, 11) is 0. The second kappa shape index (κ2) is 7.53. The number of rotatable bonds is 8. The van der Waals surface area contributed by atoms with Gasteiger partial charge in [-0.2, -0.15) is 0 Å². The van der Waals surface area contributed by atoms with Crippen molar-refractivity contribution < 1.29 is 24.5 Å². The van der Waals surface area contributed by atoms with Crippen LogP contribution in [0.3, 0.4) is 0 Å². The van der Waals surface area contributed by atoms with Gasteiger partial charge in [0.1, 0.15) is 11.5 Å². The zero-order valence-electron chi connectivity index (χ0n) is 11.8. The first-order valence-corrected chi connectivity index (χ1v) is 6.62. The predicted molar refractivity (Wildman–Crippen MR) is 74.3 cm³/mol. The summed E-state index contributed by atoms with van der Waals surface area (Å²) in [6.07, 6.45) is 2.22. The van der Waals surface area contributed by atoms with Gasteiger partial charge in [0, 0.05) is 12.5 Å². The van der Waals surface area contributed by atoms with Gasteiger partial charge in [-0.3, -0.25) is 9.59 Å². The van der Waals surface area contributed by atoms with E-state index in [1.807, 2.05) is 6.92 Å². The number of unbranched alkanes of at least 4 members (excludes halogenated alkanes) is 1. The van der Waals surface area contributed by atoms with E-state index >= 15 is 0 Å². The number of carbonyl (C=O) groups excluding carboxylic acids is 1. The highest BCUT2D eigenvalue weighted by Crippen LogP contribution is 2.25. The van der Waals surface area contributed by atoms with Crippen LogP contribution < -0.4 is 4.74 Å². The second-order valence-electron chi connectivity index (χ2n) is 4.80. The fraction of sp³-hybridized carbons (Fsp3) is 0.467. The molecule has 110 valence electrons. The molecule has 5 heteroatoms. The molecule has 1 rings (SSSR count). The van der Waals surface area contributed by atoms with Gasteiger partial charge in [-0.25, -0.2) is 0 Å². The Balaban J connectivity index is 2.46. The summed E-state index contributed by atoms with van der Waals surface area (Å²) >= 11 is 0. The van der Waals surface area contributed by atoms with Crippen molar-refractivity contribution in [1.29, 1.82) is 0 Å². The van der Waals surface area contributed by atoms with Crippen LogP contribution in [0.2, 0.25) is 0 Å². The number of carboxylic acid groups (broad SMARTS) is 1. The number of hydrogen-bond acceptors (Lipinski definition) is 4. The topological polar surface area (TPSA) is 83.8 Å². The number of Topliss-reactive ketones (excluding diaryl/α,β-unsaturated/α-hetero) is 1. The lowest BCUT2D eigenvalue weighted by Gasteiger charge is -2.15. The van der Waals surface area contributed by atoms with Crippen molar-refractivity contribution in [2.75, 3.05) is 0 Å². The Labute approximate surface area is 118 Å².